The standard InChI is InChI=1S/C14H26N2/c1-5-7-8-9-15-11-14-10-12(3)16(6-2)13(14)4/h10,15H,5-9,11H2,1-4H3. The van der Waals surface area contributed by atoms with Crippen LogP contribution in [0.1, 0.15) is 50.1 Å². The summed E-state index contributed by atoms with van der Waals surface area (Å²) in [7, 11) is 0. The largest absolute Gasteiger partial charge is 0.349 e. The average molecular weight is 222 g/mol. The van der Waals surface area contributed by atoms with Crippen LogP contribution in [0.5, 0.6) is 0 Å². The summed E-state index contributed by atoms with van der Waals surface area (Å²) in [6.07, 6.45) is 3.93. The number of unbranched alkanes of at least 4 members (excludes halogenated alkanes) is 2. The second-order valence-electron chi connectivity index (χ2n) is 4.52. The van der Waals surface area contributed by atoms with Gasteiger partial charge in [0.15, 0.2) is 0 Å². The Kier molecular flexibility index (Phi) is 5.61. The molecule has 2 nitrogen and oxygen atoms in total. The van der Waals surface area contributed by atoms with E-state index in [0.29, 0.717) is 0 Å². The molecule has 0 spiro atoms. The highest BCUT2D eigenvalue weighted by Gasteiger charge is 2.06. The maximum absolute atomic E-state index is 3.53. The van der Waals surface area contributed by atoms with Crippen molar-refractivity contribution in [2.24, 2.45) is 0 Å². The second kappa shape index (κ2) is 6.74. The van der Waals surface area contributed by atoms with E-state index in [1.54, 1.807) is 0 Å². The van der Waals surface area contributed by atoms with E-state index in [1.165, 1.54) is 36.2 Å². The van der Waals surface area contributed by atoms with Crippen molar-refractivity contribution in [3.8, 4) is 0 Å². The van der Waals surface area contributed by atoms with Crippen LogP contribution in [0.25, 0.3) is 0 Å². The molecule has 0 aliphatic heterocycles. The monoisotopic (exact) mass is 222 g/mol. The molecule has 1 rings (SSSR count). The zero-order valence-corrected chi connectivity index (χ0v) is 11.3. The molecule has 0 bridgehead atoms. The third kappa shape index (κ3) is 3.38. The summed E-state index contributed by atoms with van der Waals surface area (Å²) in [4.78, 5) is 0. The van der Waals surface area contributed by atoms with Gasteiger partial charge in [-0.25, -0.2) is 0 Å². The van der Waals surface area contributed by atoms with Crippen LogP contribution in [0.15, 0.2) is 6.07 Å². The Morgan fingerprint density at radius 1 is 1.19 bits per heavy atom. The fourth-order valence-corrected chi connectivity index (χ4v) is 2.26. The summed E-state index contributed by atoms with van der Waals surface area (Å²) in [5.41, 5.74) is 4.25. The summed E-state index contributed by atoms with van der Waals surface area (Å²) in [6, 6.07) is 2.31. The van der Waals surface area contributed by atoms with Gasteiger partial charge in [-0.3, -0.25) is 0 Å². The van der Waals surface area contributed by atoms with Gasteiger partial charge in [0.05, 0.1) is 0 Å². The topological polar surface area (TPSA) is 17.0 Å². The Balaban J connectivity index is 2.42. The highest BCUT2D eigenvalue weighted by molar-refractivity contribution is 5.26. The first-order valence-corrected chi connectivity index (χ1v) is 6.57. The molecule has 0 aromatic carbocycles. The maximum atomic E-state index is 3.53. The first-order valence-electron chi connectivity index (χ1n) is 6.57. The average Bonchev–Trinajstić information content (AvgIpc) is 2.53. The van der Waals surface area contributed by atoms with Gasteiger partial charge in [-0.15, -0.1) is 0 Å². The highest BCUT2D eigenvalue weighted by Crippen LogP contribution is 2.14. The van der Waals surface area contributed by atoms with Gasteiger partial charge in [0.25, 0.3) is 0 Å². The zero-order valence-electron chi connectivity index (χ0n) is 11.3. The first kappa shape index (κ1) is 13.3. The molecular weight excluding hydrogens is 196 g/mol. The lowest BCUT2D eigenvalue weighted by Gasteiger charge is -2.07. The zero-order chi connectivity index (χ0) is 12.0. The summed E-state index contributed by atoms with van der Waals surface area (Å²) in [5.74, 6) is 0. The van der Waals surface area contributed by atoms with Gasteiger partial charge >= 0.3 is 0 Å². The summed E-state index contributed by atoms with van der Waals surface area (Å²) in [6.45, 7) is 12.1. The molecule has 0 unspecified atom stereocenters. The van der Waals surface area contributed by atoms with E-state index in [1.807, 2.05) is 0 Å². The van der Waals surface area contributed by atoms with Crippen LogP contribution in [0.3, 0.4) is 0 Å². The molecule has 0 radical (unpaired) electrons. The summed E-state index contributed by atoms with van der Waals surface area (Å²) >= 11 is 0. The molecule has 0 fully saturated rings. The SMILES string of the molecule is CCCCCNCc1cc(C)n(CC)c1C. The lowest BCUT2D eigenvalue weighted by atomic mass is 10.2. The van der Waals surface area contributed by atoms with E-state index in [4.69, 9.17) is 0 Å². The molecule has 0 saturated carbocycles. The van der Waals surface area contributed by atoms with Gasteiger partial charge in [0.1, 0.15) is 0 Å². The van der Waals surface area contributed by atoms with Gasteiger partial charge in [-0.2, -0.15) is 0 Å². The molecule has 0 amide bonds. The van der Waals surface area contributed by atoms with Crippen molar-refractivity contribution < 1.29 is 0 Å². The Hall–Kier alpha value is -0.760. The van der Waals surface area contributed by atoms with E-state index >= 15 is 0 Å². The number of hydrogen-bond donors (Lipinski definition) is 1. The van der Waals surface area contributed by atoms with E-state index in [0.717, 1.165) is 19.6 Å². The van der Waals surface area contributed by atoms with Crippen LogP contribution in [0, 0.1) is 13.8 Å². The molecule has 92 valence electrons. The minimum atomic E-state index is 1.02. The van der Waals surface area contributed by atoms with E-state index in [-0.39, 0.29) is 0 Å². The molecule has 0 aliphatic rings. The fourth-order valence-electron chi connectivity index (χ4n) is 2.26. The molecule has 1 aromatic rings. The molecule has 16 heavy (non-hydrogen) atoms. The summed E-state index contributed by atoms with van der Waals surface area (Å²) in [5, 5.41) is 3.53. The Morgan fingerprint density at radius 3 is 2.50 bits per heavy atom. The van der Waals surface area contributed by atoms with Crippen LogP contribution in [-0.2, 0) is 13.1 Å². The molecular formula is C14H26N2. The van der Waals surface area contributed by atoms with Crippen molar-refractivity contribution in [3.05, 3.63) is 23.0 Å². The van der Waals surface area contributed by atoms with Crippen LogP contribution in [0.2, 0.25) is 0 Å². The van der Waals surface area contributed by atoms with Crippen LogP contribution < -0.4 is 5.32 Å². The molecule has 1 N–H and O–H groups in total. The van der Waals surface area contributed by atoms with E-state index in [2.05, 4.69) is 43.6 Å². The number of aromatic nitrogens is 1. The number of hydrogen-bond acceptors (Lipinski definition) is 1. The predicted molar refractivity (Wildman–Crippen MR) is 70.8 cm³/mol. The number of nitrogens with one attached hydrogen (secondary N) is 1. The van der Waals surface area contributed by atoms with E-state index < -0.39 is 0 Å². The lowest BCUT2D eigenvalue weighted by Crippen LogP contribution is -2.15. The van der Waals surface area contributed by atoms with Gasteiger partial charge < -0.3 is 9.88 Å². The van der Waals surface area contributed by atoms with Crippen molar-refractivity contribution in [2.45, 2.75) is 60.0 Å². The van der Waals surface area contributed by atoms with Gasteiger partial charge in [-0.05, 0) is 45.4 Å². The van der Waals surface area contributed by atoms with E-state index in [9.17, 15) is 0 Å². The molecule has 2 heteroatoms. The van der Waals surface area contributed by atoms with Crippen LogP contribution in [0.4, 0.5) is 0 Å². The predicted octanol–water partition coefficient (Wildman–Crippen LogP) is 3.40. The smallest absolute Gasteiger partial charge is 0.0223 e. The quantitative estimate of drug-likeness (QED) is 0.700. The Labute approximate surface area is 100 Å². The first-order chi connectivity index (χ1) is 7.70. The van der Waals surface area contributed by atoms with Crippen molar-refractivity contribution in [1.82, 2.24) is 9.88 Å². The number of nitrogens with zero attached hydrogens (tertiary/aromatic N) is 1. The van der Waals surface area contributed by atoms with Crippen molar-refractivity contribution in [3.63, 3.8) is 0 Å². The minimum absolute atomic E-state index is 1.02. The molecule has 0 aliphatic carbocycles. The van der Waals surface area contributed by atoms with Crippen molar-refractivity contribution in [1.29, 1.82) is 0 Å². The third-order valence-electron chi connectivity index (χ3n) is 3.27. The molecule has 1 heterocycles. The minimum Gasteiger partial charge on any atom is -0.349 e. The lowest BCUT2D eigenvalue weighted by molar-refractivity contribution is 0.613. The maximum Gasteiger partial charge on any atom is 0.0223 e. The number of rotatable bonds is 7. The van der Waals surface area contributed by atoms with Crippen LogP contribution >= 0.6 is 0 Å². The second-order valence-corrected chi connectivity index (χ2v) is 4.52. The highest BCUT2D eigenvalue weighted by atomic mass is 15.0. The molecule has 0 saturated heterocycles. The van der Waals surface area contributed by atoms with Gasteiger partial charge in [0.2, 0.25) is 0 Å². The van der Waals surface area contributed by atoms with Gasteiger partial charge in [0, 0.05) is 24.5 Å². The summed E-state index contributed by atoms with van der Waals surface area (Å²) < 4.78 is 2.38. The molecule has 1 aromatic heterocycles. The number of aryl methyl sites for hydroxylation is 1. The van der Waals surface area contributed by atoms with Crippen LogP contribution in [-0.4, -0.2) is 11.1 Å². The van der Waals surface area contributed by atoms with Crippen molar-refractivity contribution in [2.75, 3.05) is 6.54 Å². The molecule has 0 atom stereocenters. The fraction of sp³-hybridized carbons (Fsp3) is 0.714. The Morgan fingerprint density at radius 2 is 1.94 bits per heavy atom. The normalized spacial score (nSPS) is 11.0. The Bertz CT molecular complexity index is 313. The third-order valence-corrected chi connectivity index (χ3v) is 3.27. The van der Waals surface area contributed by atoms with Gasteiger partial charge in [-0.1, -0.05) is 19.8 Å². The van der Waals surface area contributed by atoms with Crippen molar-refractivity contribution >= 4 is 0 Å².